The molecule has 0 aliphatic carbocycles. The number of carbonyl (C=O) groups is 2. The van der Waals surface area contributed by atoms with Crippen molar-refractivity contribution in [3.05, 3.63) is 34.6 Å². The van der Waals surface area contributed by atoms with Gasteiger partial charge in [0.15, 0.2) is 0 Å². The molecule has 24 heavy (non-hydrogen) atoms. The summed E-state index contributed by atoms with van der Waals surface area (Å²) in [6.07, 6.45) is -1.18. The largest absolute Gasteiger partial charge is 0.481 e. The molecule has 0 aliphatic heterocycles. The van der Waals surface area contributed by atoms with Gasteiger partial charge in [-0.2, -0.15) is 0 Å². The molecule has 0 aliphatic rings. The monoisotopic (exact) mass is 361 g/mol. The molecule has 1 aromatic carbocycles. The van der Waals surface area contributed by atoms with Gasteiger partial charge in [0.2, 0.25) is 5.91 Å². The molecule has 134 valence electrons. The van der Waals surface area contributed by atoms with Gasteiger partial charge in [0.1, 0.15) is 11.9 Å². The number of hydrogen-bond acceptors (Lipinski definition) is 4. The third kappa shape index (κ3) is 6.82. The van der Waals surface area contributed by atoms with Crippen LogP contribution in [0.2, 0.25) is 5.02 Å². The molecule has 2 unspecified atom stereocenters. The highest BCUT2D eigenvalue weighted by Crippen LogP contribution is 2.22. The quantitative estimate of drug-likeness (QED) is 0.626. The van der Waals surface area contributed by atoms with Crippen LogP contribution in [0.1, 0.15) is 31.9 Å². The lowest BCUT2D eigenvalue weighted by atomic mass is 10.0. The van der Waals surface area contributed by atoms with E-state index in [1.807, 2.05) is 6.92 Å². The summed E-state index contributed by atoms with van der Waals surface area (Å²) < 4.78 is 24.0. The highest BCUT2D eigenvalue weighted by molar-refractivity contribution is 6.30. The smallest absolute Gasteiger partial charge is 0.305 e. The lowest BCUT2D eigenvalue weighted by molar-refractivity contribution is -0.138. The molecule has 2 N–H and O–H groups in total. The van der Waals surface area contributed by atoms with E-state index >= 15 is 0 Å². The molecule has 0 radical (unpaired) electrons. The van der Waals surface area contributed by atoms with Crippen molar-refractivity contribution in [1.29, 1.82) is 0 Å². The Kier molecular flexibility index (Phi) is 8.67. The maximum absolute atomic E-state index is 13.6. The number of hydrogen-bond donors (Lipinski definition) is 2. The molecule has 0 bridgehead atoms. The van der Waals surface area contributed by atoms with Crippen LogP contribution in [0.5, 0.6) is 0 Å². The van der Waals surface area contributed by atoms with Gasteiger partial charge in [0, 0.05) is 6.61 Å². The predicted molar refractivity (Wildman–Crippen MR) is 86.5 cm³/mol. The summed E-state index contributed by atoms with van der Waals surface area (Å²) in [5.74, 6) is -2.30. The van der Waals surface area contributed by atoms with Gasteiger partial charge in [-0.1, -0.05) is 17.7 Å². The van der Waals surface area contributed by atoms with Crippen LogP contribution >= 0.6 is 11.6 Å². The number of nitrogens with one attached hydrogen (secondary N) is 1. The molecule has 0 fully saturated rings. The Balaban J connectivity index is 2.72. The van der Waals surface area contributed by atoms with E-state index in [1.165, 1.54) is 12.1 Å². The number of benzene rings is 1. The summed E-state index contributed by atoms with van der Waals surface area (Å²) in [5, 5.41) is 11.5. The van der Waals surface area contributed by atoms with E-state index < -0.39 is 36.3 Å². The van der Waals surface area contributed by atoms with Crippen LogP contribution in [-0.4, -0.2) is 42.9 Å². The van der Waals surface area contributed by atoms with E-state index in [9.17, 15) is 14.0 Å². The number of carboxylic acid groups (broad SMARTS) is 1. The minimum atomic E-state index is -1.12. The maximum atomic E-state index is 13.6. The number of aliphatic carboxylic acids is 1. The van der Waals surface area contributed by atoms with Gasteiger partial charge >= 0.3 is 5.97 Å². The Morgan fingerprint density at radius 2 is 2.08 bits per heavy atom. The van der Waals surface area contributed by atoms with Crippen LogP contribution in [0.3, 0.4) is 0 Å². The summed E-state index contributed by atoms with van der Waals surface area (Å²) in [6, 6.07) is 3.01. The number of rotatable bonds is 10. The second kappa shape index (κ2) is 10.2. The molecule has 0 aromatic heterocycles. The van der Waals surface area contributed by atoms with E-state index in [4.69, 9.17) is 26.2 Å². The van der Waals surface area contributed by atoms with Crippen molar-refractivity contribution < 1.29 is 28.6 Å². The molecule has 8 heteroatoms. The minimum Gasteiger partial charge on any atom is -0.481 e. The third-order valence-corrected chi connectivity index (χ3v) is 3.52. The SMILES string of the molecule is CCOCCOC(C)C(=O)NC(CC(=O)O)c1ccc(Cl)c(F)c1. The topological polar surface area (TPSA) is 84.9 Å². The van der Waals surface area contributed by atoms with Gasteiger partial charge in [-0.05, 0) is 31.5 Å². The fourth-order valence-corrected chi connectivity index (χ4v) is 2.07. The average Bonchev–Trinajstić information content (AvgIpc) is 2.52. The highest BCUT2D eigenvalue weighted by Gasteiger charge is 2.22. The Labute approximate surface area is 144 Å². The lowest BCUT2D eigenvalue weighted by Gasteiger charge is -2.20. The van der Waals surface area contributed by atoms with Gasteiger partial charge in [-0.25, -0.2) is 4.39 Å². The second-order valence-corrected chi connectivity index (χ2v) is 5.45. The predicted octanol–water partition coefficient (Wildman–Crippen LogP) is 2.55. The number of carboxylic acids is 1. The van der Waals surface area contributed by atoms with E-state index in [-0.39, 0.29) is 11.6 Å². The summed E-state index contributed by atoms with van der Waals surface area (Å²) in [6.45, 7) is 4.53. The fourth-order valence-electron chi connectivity index (χ4n) is 1.95. The van der Waals surface area contributed by atoms with Crippen LogP contribution in [0.15, 0.2) is 18.2 Å². The van der Waals surface area contributed by atoms with Crippen molar-refractivity contribution >= 4 is 23.5 Å². The Hall–Kier alpha value is -1.70. The van der Waals surface area contributed by atoms with Crippen molar-refractivity contribution in [2.75, 3.05) is 19.8 Å². The minimum absolute atomic E-state index is 0.0771. The summed E-state index contributed by atoms with van der Waals surface area (Å²) in [7, 11) is 0. The molecule has 0 spiro atoms. The van der Waals surface area contributed by atoms with Crippen molar-refractivity contribution in [3.8, 4) is 0 Å². The van der Waals surface area contributed by atoms with Gasteiger partial charge in [-0.15, -0.1) is 0 Å². The standard InChI is InChI=1S/C16H21ClFNO5/c1-3-23-6-7-24-10(2)16(22)19-14(9-15(20)21)11-4-5-12(17)13(18)8-11/h4-5,8,10,14H,3,6-7,9H2,1-2H3,(H,19,22)(H,20,21). The summed E-state index contributed by atoms with van der Waals surface area (Å²) >= 11 is 5.62. The molecular weight excluding hydrogens is 341 g/mol. The van der Waals surface area contributed by atoms with Crippen molar-refractivity contribution in [2.45, 2.75) is 32.4 Å². The molecule has 1 rings (SSSR count). The second-order valence-electron chi connectivity index (χ2n) is 5.04. The highest BCUT2D eigenvalue weighted by atomic mass is 35.5. The zero-order chi connectivity index (χ0) is 18.1. The van der Waals surface area contributed by atoms with Crippen LogP contribution < -0.4 is 5.32 Å². The van der Waals surface area contributed by atoms with Crippen LogP contribution in [0, 0.1) is 5.82 Å². The first-order valence-corrected chi connectivity index (χ1v) is 7.89. The normalized spacial score (nSPS) is 13.3. The van der Waals surface area contributed by atoms with Crippen molar-refractivity contribution in [3.63, 3.8) is 0 Å². The van der Waals surface area contributed by atoms with E-state index in [0.29, 0.717) is 18.8 Å². The van der Waals surface area contributed by atoms with Gasteiger partial charge in [0.05, 0.1) is 30.7 Å². The number of amides is 1. The Morgan fingerprint density at radius 3 is 2.67 bits per heavy atom. The van der Waals surface area contributed by atoms with E-state index in [1.54, 1.807) is 6.92 Å². The molecule has 0 saturated carbocycles. The molecule has 1 aromatic rings. The van der Waals surface area contributed by atoms with Gasteiger partial charge < -0.3 is 19.9 Å². The summed E-state index contributed by atoms with van der Waals surface area (Å²) in [4.78, 5) is 23.1. The number of carbonyl (C=O) groups excluding carboxylic acids is 1. The molecule has 0 saturated heterocycles. The number of ether oxygens (including phenoxy) is 2. The first kappa shape index (κ1) is 20.3. The molecule has 0 heterocycles. The van der Waals surface area contributed by atoms with Gasteiger partial charge in [-0.3, -0.25) is 9.59 Å². The van der Waals surface area contributed by atoms with Crippen molar-refractivity contribution in [2.24, 2.45) is 0 Å². The molecule has 2 atom stereocenters. The molecule has 1 amide bonds. The third-order valence-electron chi connectivity index (χ3n) is 3.21. The molecule has 6 nitrogen and oxygen atoms in total. The first-order chi connectivity index (χ1) is 11.3. The lowest BCUT2D eigenvalue weighted by Crippen LogP contribution is -2.38. The maximum Gasteiger partial charge on any atom is 0.305 e. The van der Waals surface area contributed by atoms with E-state index in [2.05, 4.69) is 5.32 Å². The number of halogens is 2. The zero-order valence-electron chi connectivity index (χ0n) is 13.6. The van der Waals surface area contributed by atoms with Gasteiger partial charge in [0.25, 0.3) is 0 Å². The fraction of sp³-hybridized carbons (Fsp3) is 0.500. The van der Waals surface area contributed by atoms with Crippen LogP contribution in [0.25, 0.3) is 0 Å². The first-order valence-electron chi connectivity index (χ1n) is 7.51. The zero-order valence-corrected chi connectivity index (χ0v) is 14.3. The average molecular weight is 362 g/mol. The summed E-state index contributed by atoms with van der Waals surface area (Å²) in [5.41, 5.74) is 0.314. The Bertz CT molecular complexity index is 569. The Morgan fingerprint density at radius 1 is 1.38 bits per heavy atom. The van der Waals surface area contributed by atoms with Crippen molar-refractivity contribution in [1.82, 2.24) is 5.32 Å². The van der Waals surface area contributed by atoms with Crippen LogP contribution in [0.4, 0.5) is 4.39 Å². The van der Waals surface area contributed by atoms with E-state index in [0.717, 1.165) is 6.07 Å². The molecular formula is C16H21ClFNO5. The van der Waals surface area contributed by atoms with Crippen LogP contribution in [-0.2, 0) is 19.1 Å².